The molecule has 1 amide bonds. The first-order valence-electron chi connectivity index (χ1n) is 9.40. The summed E-state index contributed by atoms with van der Waals surface area (Å²) in [7, 11) is 0. The molecule has 1 aromatic carbocycles. The Morgan fingerprint density at radius 1 is 1.21 bits per heavy atom. The molecular formula is C21H22N4O3. The van der Waals surface area contributed by atoms with Crippen molar-refractivity contribution in [2.45, 2.75) is 12.8 Å². The number of H-pyrrole nitrogens is 1. The van der Waals surface area contributed by atoms with Crippen LogP contribution < -0.4 is 15.8 Å². The van der Waals surface area contributed by atoms with Crippen molar-refractivity contribution in [3.8, 4) is 0 Å². The monoisotopic (exact) mass is 378 g/mol. The molecule has 28 heavy (non-hydrogen) atoms. The summed E-state index contributed by atoms with van der Waals surface area (Å²) in [5, 5.41) is 13.0. The van der Waals surface area contributed by atoms with Crippen LogP contribution >= 0.6 is 0 Å². The lowest BCUT2D eigenvalue weighted by Gasteiger charge is -2.33. The molecule has 3 heterocycles. The number of hydrogen-bond donors (Lipinski definition) is 3. The summed E-state index contributed by atoms with van der Waals surface area (Å²) in [6.07, 6.45) is 3.45. The maximum absolute atomic E-state index is 12.8. The van der Waals surface area contributed by atoms with Crippen molar-refractivity contribution in [1.82, 2.24) is 9.97 Å². The number of benzene rings is 1. The SMILES string of the molecule is O=C(Nc1cccnc1N1CCC(CO)CC1)c1cc2ccccc2[nH]c1=O. The molecule has 1 aliphatic rings. The second-order valence-corrected chi connectivity index (χ2v) is 7.04. The normalized spacial score (nSPS) is 15.0. The molecule has 144 valence electrons. The van der Waals surface area contributed by atoms with Crippen molar-refractivity contribution in [1.29, 1.82) is 0 Å². The van der Waals surface area contributed by atoms with E-state index < -0.39 is 11.5 Å². The second kappa shape index (κ2) is 7.82. The van der Waals surface area contributed by atoms with Crippen LogP contribution in [-0.4, -0.2) is 40.7 Å². The quantitative estimate of drug-likeness (QED) is 0.647. The molecule has 0 radical (unpaired) electrons. The summed E-state index contributed by atoms with van der Waals surface area (Å²) < 4.78 is 0. The van der Waals surface area contributed by atoms with E-state index in [1.807, 2.05) is 18.2 Å². The Kier molecular flexibility index (Phi) is 5.08. The molecule has 0 saturated carbocycles. The van der Waals surface area contributed by atoms with Crippen LogP contribution in [0.3, 0.4) is 0 Å². The summed E-state index contributed by atoms with van der Waals surface area (Å²) in [6.45, 7) is 1.73. The fourth-order valence-corrected chi connectivity index (χ4v) is 3.58. The Morgan fingerprint density at radius 2 is 2.00 bits per heavy atom. The zero-order valence-electron chi connectivity index (χ0n) is 15.4. The molecule has 1 saturated heterocycles. The maximum atomic E-state index is 12.8. The average Bonchev–Trinajstić information content (AvgIpc) is 2.73. The van der Waals surface area contributed by atoms with Crippen LogP contribution in [0.4, 0.5) is 11.5 Å². The molecule has 3 aromatic rings. The van der Waals surface area contributed by atoms with E-state index in [-0.39, 0.29) is 12.2 Å². The minimum Gasteiger partial charge on any atom is -0.396 e. The van der Waals surface area contributed by atoms with Crippen molar-refractivity contribution < 1.29 is 9.90 Å². The molecule has 2 aromatic heterocycles. The van der Waals surface area contributed by atoms with Crippen molar-refractivity contribution in [3.05, 3.63) is 64.6 Å². The molecule has 4 rings (SSSR count). The Hall–Kier alpha value is -3.19. The maximum Gasteiger partial charge on any atom is 0.261 e. The van der Waals surface area contributed by atoms with E-state index in [1.165, 1.54) is 0 Å². The molecular weight excluding hydrogens is 356 g/mol. The van der Waals surface area contributed by atoms with E-state index in [0.29, 0.717) is 22.9 Å². The lowest BCUT2D eigenvalue weighted by molar-refractivity contribution is 0.102. The summed E-state index contributed by atoms with van der Waals surface area (Å²) in [5.74, 6) is 0.533. The van der Waals surface area contributed by atoms with Gasteiger partial charge in [0.1, 0.15) is 5.56 Å². The fraction of sp³-hybridized carbons (Fsp3) is 0.286. The number of fused-ring (bicyclic) bond motifs is 1. The number of anilines is 2. The van der Waals surface area contributed by atoms with Crippen LogP contribution in [0.15, 0.2) is 53.5 Å². The molecule has 1 fully saturated rings. The van der Waals surface area contributed by atoms with Crippen molar-refractivity contribution >= 4 is 28.3 Å². The summed E-state index contributed by atoms with van der Waals surface area (Å²) in [6, 6.07) is 12.5. The highest BCUT2D eigenvalue weighted by atomic mass is 16.3. The van der Waals surface area contributed by atoms with E-state index in [9.17, 15) is 14.7 Å². The van der Waals surface area contributed by atoms with Crippen LogP contribution in [0.25, 0.3) is 10.9 Å². The van der Waals surface area contributed by atoms with E-state index in [0.717, 1.165) is 31.3 Å². The van der Waals surface area contributed by atoms with Crippen LogP contribution in [0, 0.1) is 5.92 Å². The Morgan fingerprint density at radius 3 is 2.79 bits per heavy atom. The smallest absolute Gasteiger partial charge is 0.261 e. The van der Waals surface area contributed by atoms with Gasteiger partial charge in [-0.2, -0.15) is 0 Å². The molecule has 0 bridgehead atoms. The first kappa shape index (κ1) is 18.2. The van der Waals surface area contributed by atoms with E-state index in [1.54, 1.807) is 30.5 Å². The Bertz CT molecular complexity index is 1050. The molecule has 1 aliphatic heterocycles. The van der Waals surface area contributed by atoms with Gasteiger partial charge in [0, 0.05) is 31.4 Å². The average molecular weight is 378 g/mol. The van der Waals surface area contributed by atoms with E-state index >= 15 is 0 Å². The van der Waals surface area contributed by atoms with Gasteiger partial charge < -0.3 is 20.3 Å². The van der Waals surface area contributed by atoms with Gasteiger partial charge in [-0.3, -0.25) is 9.59 Å². The first-order chi connectivity index (χ1) is 13.7. The summed E-state index contributed by atoms with van der Waals surface area (Å²) >= 11 is 0. The number of aliphatic hydroxyl groups excluding tert-OH is 1. The number of pyridine rings is 2. The number of nitrogens with one attached hydrogen (secondary N) is 2. The number of piperidine rings is 1. The van der Waals surface area contributed by atoms with Gasteiger partial charge in [0.25, 0.3) is 11.5 Å². The molecule has 0 aliphatic carbocycles. The van der Waals surface area contributed by atoms with Gasteiger partial charge >= 0.3 is 0 Å². The number of nitrogens with zero attached hydrogens (tertiary/aromatic N) is 2. The third-order valence-electron chi connectivity index (χ3n) is 5.21. The lowest BCUT2D eigenvalue weighted by Crippen LogP contribution is -2.36. The molecule has 7 nitrogen and oxygen atoms in total. The minimum atomic E-state index is -0.466. The predicted molar refractivity (Wildman–Crippen MR) is 109 cm³/mol. The number of hydrogen-bond acceptors (Lipinski definition) is 5. The molecule has 3 N–H and O–H groups in total. The number of carbonyl (C=O) groups excluding carboxylic acids is 1. The van der Waals surface area contributed by atoms with Crippen molar-refractivity contribution in [3.63, 3.8) is 0 Å². The lowest BCUT2D eigenvalue weighted by atomic mass is 9.98. The molecule has 7 heteroatoms. The fourth-order valence-electron chi connectivity index (χ4n) is 3.58. The standard InChI is InChI=1S/C21H22N4O3/c26-13-14-7-10-25(11-8-14)19-18(6-3-9-22-19)24-21(28)16-12-15-4-1-2-5-17(15)23-20(16)27/h1-6,9,12,14,26H,7-8,10-11,13H2,(H,23,27)(H,24,28). The topological polar surface area (TPSA) is 98.3 Å². The van der Waals surface area contributed by atoms with Gasteiger partial charge in [0.15, 0.2) is 5.82 Å². The third-order valence-corrected chi connectivity index (χ3v) is 5.21. The predicted octanol–water partition coefficient (Wildman–Crippen LogP) is 2.38. The van der Waals surface area contributed by atoms with E-state index in [2.05, 4.69) is 20.2 Å². The minimum absolute atomic E-state index is 0.0625. The number of carbonyl (C=O) groups is 1. The van der Waals surface area contributed by atoms with Gasteiger partial charge in [-0.25, -0.2) is 4.98 Å². The first-order valence-corrected chi connectivity index (χ1v) is 9.40. The zero-order chi connectivity index (χ0) is 19.5. The second-order valence-electron chi connectivity index (χ2n) is 7.04. The number of aromatic nitrogens is 2. The van der Waals surface area contributed by atoms with E-state index in [4.69, 9.17) is 0 Å². The van der Waals surface area contributed by atoms with Gasteiger partial charge in [-0.05, 0) is 48.4 Å². The highest BCUT2D eigenvalue weighted by molar-refractivity contribution is 6.06. The van der Waals surface area contributed by atoms with Crippen molar-refractivity contribution in [2.24, 2.45) is 5.92 Å². The van der Waals surface area contributed by atoms with Crippen LogP contribution in [-0.2, 0) is 0 Å². The van der Waals surface area contributed by atoms with Crippen LogP contribution in [0.2, 0.25) is 0 Å². The molecule has 0 unspecified atom stereocenters. The van der Waals surface area contributed by atoms with Gasteiger partial charge in [-0.15, -0.1) is 0 Å². The Balaban J connectivity index is 1.59. The van der Waals surface area contributed by atoms with Crippen LogP contribution in [0.5, 0.6) is 0 Å². The van der Waals surface area contributed by atoms with Gasteiger partial charge in [-0.1, -0.05) is 18.2 Å². The highest BCUT2D eigenvalue weighted by Crippen LogP contribution is 2.28. The number of rotatable bonds is 4. The third kappa shape index (κ3) is 3.61. The number of amides is 1. The number of para-hydroxylation sites is 1. The summed E-state index contributed by atoms with van der Waals surface area (Å²) in [5.41, 5.74) is 0.901. The zero-order valence-corrected chi connectivity index (χ0v) is 15.4. The number of aliphatic hydroxyl groups is 1. The molecule has 0 spiro atoms. The van der Waals surface area contributed by atoms with Gasteiger partial charge in [0.2, 0.25) is 0 Å². The largest absolute Gasteiger partial charge is 0.396 e. The van der Waals surface area contributed by atoms with Crippen molar-refractivity contribution in [2.75, 3.05) is 29.9 Å². The van der Waals surface area contributed by atoms with Gasteiger partial charge in [0.05, 0.1) is 5.69 Å². The molecule has 0 atom stereocenters. The number of aromatic amines is 1. The highest BCUT2D eigenvalue weighted by Gasteiger charge is 2.22. The van der Waals surface area contributed by atoms with Crippen LogP contribution in [0.1, 0.15) is 23.2 Å². The Labute approximate surface area is 162 Å². The summed E-state index contributed by atoms with van der Waals surface area (Å²) in [4.78, 5) is 34.4.